The van der Waals surface area contributed by atoms with Gasteiger partial charge in [0.25, 0.3) is 0 Å². The van der Waals surface area contributed by atoms with E-state index in [2.05, 4.69) is 30.5 Å². The van der Waals surface area contributed by atoms with Crippen molar-refractivity contribution < 1.29 is 0 Å². The second-order valence-electron chi connectivity index (χ2n) is 2.38. The fraction of sp³-hybridized carbons (Fsp3) is 0.333. The molecule has 2 heteroatoms. The van der Waals surface area contributed by atoms with E-state index in [1.54, 1.807) is 11.3 Å². The van der Waals surface area contributed by atoms with Gasteiger partial charge in [-0.1, -0.05) is 18.6 Å². The van der Waals surface area contributed by atoms with Crippen LogP contribution in [0.25, 0.3) is 6.08 Å². The van der Waals surface area contributed by atoms with Crippen molar-refractivity contribution in [1.82, 2.24) is 0 Å². The van der Waals surface area contributed by atoms with E-state index in [1.165, 1.54) is 10.5 Å². The van der Waals surface area contributed by atoms with Gasteiger partial charge < -0.3 is 5.73 Å². The molecule has 2 N–H and O–H groups in total. The van der Waals surface area contributed by atoms with Crippen LogP contribution in [-0.4, -0.2) is 6.54 Å². The number of nitrogens with two attached hydrogens (primary N) is 1. The molecule has 0 saturated heterocycles. The molecule has 0 unspecified atom stereocenters. The fourth-order valence-electron chi connectivity index (χ4n) is 0.880. The molecule has 0 aliphatic rings. The normalized spacial score (nSPS) is 12.0. The predicted molar refractivity (Wildman–Crippen MR) is 51.6 cm³/mol. The molecule has 0 amide bonds. The summed E-state index contributed by atoms with van der Waals surface area (Å²) >= 11 is 1.75. The van der Waals surface area contributed by atoms with Crippen LogP contribution >= 0.6 is 11.3 Å². The standard InChI is InChI=1S/C9H13NS/c1-2-8(7-10)6-9-4-3-5-11-9/h3-6H,2,7,10H2,1H3. The molecule has 0 aliphatic heterocycles. The molecule has 0 fully saturated rings. The van der Waals surface area contributed by atoms with Crippen LogP contribution in [-0.2, 0) is 0 Å². The molecular formula is C9H13NS. The largest absolute Gasteiger partial charge is 0.327 e. The first-order chi connectivity index (χ1) is 5.36. The van der Waals surface area contributed by atoms with Gasteiger partial charge in [0.1, 0.15) is 0 Å². The lowest BCUT2D eigenvalue weighted by atomic mass is 10.2. The van der Waals surface area contributed by atoms with Gasteiger partial charge in [-0.25, -0.2) is 0 Å². The SMILES string of the molecule is CCC(=Cc1cccs1)CN. The third-order valence-electron chi connectivity index (χ3n) is 1.61. The third kappa shape index (κ3) is 2.48. The Morgan fingerprint density at radius 1 is 1.73 bits per heavy atom. The van der Waals surface area contributed by atoms with Crippen molar-refractivity contribution in [3.05, 3.63) is 28.0 Å². The second kappa shape index (κ2) is 4.31. The van der Waals surface area contributed by atoms with Crippen LogP contribution in [0.4, 0.5) is 0 Å². The molecule has 1 heterocycles. The minimum atomic E-state index is 0.675. The highest BCUT2D eigenvalue weighted by molar-refractivity contribution is 7.10. The summed E-state index contributed by atoms with van der Waals surface area (Å²) in [6.07, 6.45) is 3.22. The van der Waals surface area contributed by atoms with Gasteiger partial charge in [-0.2, -0.15) is 0 Å². The molecule has 1 aromatic heterocycles. The molecule has 11 heavy (non-hydrogen) atoms. The van der Waals surface area contributed by atoms with Crippen molar-refractivity contribution in [2.45, 2.75) is 13.3 Å². The first-order valence-electron chi connectivity index (χ1n) is 3.79. The molecule has 1 rings (SSSR count). The zero-order chi connectivity index (χ0) is 8.10. The average molecular weight is 167 g/mol. The van der Waals surface area contributed by atoms with E-state index >= 15 is 0 Å². The Morgan fingerprint density at radius 3 is 3.00 bits per heavy atom. The molecule has 0 saturated carbocycles. The van der Waals surface area contributed by atoms with Gasteiger partial charge in [-0.3, -0.25) is 0 Å². The molecule has 1 aromatic rings. The summed E-state index contributed by atoms with van der Waals surface area (Å²) in [6, 6.07) is 4.16. The van der Waals surface area contributed by atoms with Gasteiger partial charge in [0.15, 0.2) is 0 Å². The lowest BCUT2D eigenvalue weighted by molar-refractivity contribution is 1.02. The Morgan fingerprint density at radius 2 is 2.55 bits per heavy atom. The molecule has 0 radical (unpaired) electrons. The maximum atomic E-state index is 5.54. The predicted octanol–water partition coefficient (Wildman–Crippen LogP) is 2.50. The van der Waals surface area contributed by atoms with Crippen molar-refractivity contribution in [1.29, 1.82) is 0 Å². The summed E-state index contributed by atoms with van der Waals surface area (Å²) in [6.45, 7) is 2.81. The van der Waals surface area contributed by atoms with Crippen molar-refractivity contribution in [3.8, 4) is 0 Å². The van der Waals surface area contributed by atoms with Gasteiger partial charge >= 0.3 is 0 Å². The maximum Gasteiger partial charge on any atom is 0.0270 e. The fourth-order valence-corrected chi connectivity index (χ4v) is 1.59. The Kier molecular flexibility index (Phi) is 3.33. The van der Waals surface area contributed by atoms with E-state index in [0.29, 0.717) is 6.54 Å². The van der Waals surface area contributed by atoms with Crippen LogP contribution < -0.4 is 5.73 Å². The van der Waals surface area contributed by atoms with Gasteiger partial charge in [0, 0.05) is 11.4 Å². The zero-order valence-electron chi connectivity index (χ0n) is 6.71. The minimum Gasteiger partial charge on any atom is -0.327 e. The van der Waals surface area contributed by atoms with Crippen molar-refractivity contribution in [2.75, 3.05) is 6.54 Å². The van der Waals surface area contributed by atoms with E-state index in [1.807, 2.05) is 0 Å². The molecule has 0 bridgehead atoms. The van der Waals surface area contributed by atoms with Crippen LogP contribution in [0.1, 0.15) is 18.2 Å². The van der Waals surface area contributed by atoms with Crippen molar-refractivity contribution in [2.24, 2.45) is 5.73 Å². The zero-order valence-corrected chi connectivity index (χ0v) is 7.53. The third-order valence-corrected chi connectivity index (χ3v) is 2.43. The smallest absolute Gasteiger partial charge is 0.0270 e. The molecule has 60 valence electrons. The first-order valence-corrected chi connectivity index (χ1v) is 4.67. The van der Waals surface area contributed by atoms with Crippen LogP contribution in [0, 0.1) is 0 Å². The molecule has 0 spiro atoms. The number of hydrogen-bond donors (Lipinski definition) is 1. The lowest BCUT2D eigenvalue weighted by Crippen LogP contribution is -2.01. The van der Waals surface area contributed by atoms with Gasteiger partial charge in [0.05, 0.1) is 0 Å². The lowest BCUT2D eigenvalue weighted by Gasteiger charge is -1.96. The van der Waals surface area contributed by atoms with E-state index in [4.69, 9.17) is 5.73 Å². The van der Waals surface area contributed by atoms with Crippen LogP contribution in [0.3, 0.4) is 0 Å². The number of hydrogen-bond acceptors (Lipinski definition) is 2. The Bertz CT molecular complexity index is 218. The Hall–Kier alpha value is -0.600. The highest BCUT2D eigenvalue weighted by atomic mass is 32.1. The summed E-state index contributed by atoms with van der Waals surface area (Å²) in [5.41, 5.74) is 6.85. The molecule has 1 nitrogen and oxygen atoms in total. The van der Waals surface area contributed by atoms with Gasteiger partial charge in [-0.05, 0) is 23.9 Å². The Balaban J connectivity index is 2.71. The summed E-state index contributed by atoms with van der Waals surface area (Å²) in [4.78, 5) is 1.30. The van der Waals surface area contributed by atoms with Crippen LogP contribution in [0.2, 0.25) is 0 Å². The monoisotopic (exact) mass is 167 g/mol. The van der Waals surface area contributed by atoms with Gasteiger partial charge in [-0.15, -0.1) is 11.3 Å². The van der Waals surface area contributed by atoms with E-state index in [9.17, 15) is 0 Å². The van der Waals surface area contributed by atoms with E-state index in [-0.39, 0.29) is 0 Å². The highest BCUT2D eigenvalue weighted by Gasteiger charge is 1.91. The van der Waals surface area contributed by atoms with Gasteiger partial charge in [0.2, 0.25) is 0 Å². The molecule has 0 atom stereocenters. The van der Waals surface area contributed by atoms with Crippen molar-refractivity contribution in [3.63, 3.8) is 0 Å². The molecular weight excluding hydrogens is 154 g/mol. The molecule has 0 aromatic carbocycles. The Labute approximate surface area is 71.5 Å². The quantitative estimate of drug-likeness (QED) is 0.735. The highest BCUT2D eigenvalue weighted by Crippen LogP contribution is 2.13. The number of rotatable bonds is 3. The summed E-state index contributed by atoms with van der Waals surface area (Å²) in [5.74, 6) is 0. The second-order valence-corrected chi connectivity index (χ2v) is 3.35. The summed E-state index contributed by atoms with van der Waals surface area (Å²) in [7, 11) is 0. The average Bonchev–Trinajstić information content (AvgIpc) is 2.52. The summed E-state index contributed by atoms with van der Waals surface area (Å²) in [5, 5.41) is 2.08. The van der Waals surface area contributed by atoms with E-state index in [0.717, 1.165) is 6.42 Å². The van der Waals surface area contributed by atoms with E-state index < -0.39 is 0 Å². The van der Waals surface area contributed by atoms with Crippen LogP contribution in [0.15, 0.2) is 23.1 Å². The molecule has 0 aliphatic carbocycles. The minimum absolute atomic E-state index is 0.675. The number of thiophene rings is 1. The summed E-state index contributed by atoms with van der Waals surface area (Å²) < 4.78 is 0. The van der Waals surface area contributed by atoms with Crippen molar-refractivity contribution >= 4 is 17.4 Å². The van der Waals surface area contributed by atoms with Crippen LogP contribution in [0.5, 0.6) is 0 Å². The topological polar surface area (TPSA) is 26.0 Å². The maximum absolute atomic E-state index is 5.54. The first kappa shape index (κ1) is 8.50.